The summed E-state index contributed by atoms with van der Waals surface area (Å²) in [7, 11) is 1.61. The number of amides is 3. The van der Waals surface area contributed by atoms with Gasteiger partial charge in [-0.15, -0.1) is 0 Å². The Kier molecular flexibility index (Phi) is 3.88. The molecule has 1 aliphatic rings. The molecule has 3 amide bonds. The Balaban J connectivity index is 2.57. The molecule has 80 valence electrons. The summed E-state index contributed by atoms with van der Waals surface area (Å²) in [6.45, 7) is 3.00. The number of carbonyl (C=O) groups is 2. The number of rotatable bonds is 4. The van der Waals surface area contributed by atoms with E-state index in [0.29, 0.717) is 19.6 Å². The largest absolute Gasteiger partial charge is 0.383 e. The van der Waals surface area contributed by atoms with Gasteiger partial charge in [0, 0.05) is 20.1 Å². The normalized spacial score (nSPS) is 19.4. The molecular weight excluding hydrogens is 184 g/mol. The first-order valence-corrected chi connectivity index (χ1v) is 4.78. The number of hydrogen-bond donors (Lipinski definition) is 1. The number of nitrogens with zero attached hydrogens (tertiary/aromatic N) is 1. The highest BCUT2D eigenvalue weighted by molar-refractivity contribution is 5.96. The van der Waals surface area contributed by atoms with Crippen molar-refractivity contribution in [3.8, 4) is 0 Å². The number of urea groups is 1. The van der Waals surface area contributed by atoms with E-state index in [9.17, 15) is 9.59 Å². The van der Waals surface area contributed by atoms with Crippen molar-refractivity contribution in [1.82, 2.24) is 10.2 Å². The van der Waals surface area contributed by atoms with Crippen molar-refractivity contribution in [2.75, 3.05) is 20.3 Å². The molecule has 1 N–H and O–H groups in total. The summed E-state index contributed by atoms with van der Waals surface area (Å²) in [5, 5.41) is 2.30. The number of methoxy groups -OCH3 is 1. The Bertz CT molecular complexity index is 230. The highest BCUT2D eigenvalue weighted by atomic mass is 16.5. The summed E-state index contributed by atoms with van der Waals surface area (Å²) in [4.78, 5) is 24.0. The van der Waals surface area contributed by atoms with Gasteiger partial charge in [0.2, 0.25) is 5.91 Å². The van der Waals surface area contributed by atoms with Crippen LogP contribution in [0.2, 0.25) is 0 Å². The second-order valence-electron chi connectivity index (χ2n) is 3.31. The van der Waals surface area contributed by atoms with Gasteiger partial charge >= 0.3 is 6.03 Å². The van der Waals surface area contributed by atoms with Crippen molar-refractivity contribution in [1.29, 1.82) is 0 Å². The van der Waals surface area contributed by atoms with Crippen LogP contribution in [0.15, 0.2) is 0 Å². The van der Waals surface area contributed by atoms with Crippen LogP contribution in [-0.2, 0) is 9.53 Å². The smallest absolute Gasteiger partial charge is 0.324 e. The van der Waals surface area contributed by atoms with E-state index in [1.54, 1.807) is 12.0 Å². The molecule has 5 heteroatoms. The Morgan fingerprint density at radius 2 is 2.29 bits per heavy atom. The summed E-state index contributed by atoms with van der Waals surface area (Å²) in [5.74, 6) is -0.196. The lowest BCUT2D eigenvalue weighted by atomic mass is 10.2. The van der Waals surface area contributed by atoms with Crippen LogP contribution in [0.3, 0.4) is 0 Å². The van der Waals surface area contributed by atoms with Crippen molar-refractivity contribution in [3.63, 3.8) is 0 Å². The average Bonchev–Trinajstić information content (AvgIpc) is 2.15. The minimum atomic E-state index is -0.301. The predicted molar refractivity (Wildman–Crippen MR) is 50.8 cm³/mol. The first-order chi connectivity index (χ1) is 6.69. The zero-order valence-corrected chi connectivity index (χ0v) is 8.58. The monoisotopic (exact) mass is 200 g/mol. The SMILES string of the molecule is CCC(COC)N1CCC(=O)NC1=O. The fourth-order valence-corrected chi connectivity index (χ4v) is 1.55. The van der Waals surface area contributed by atoms with Gasteiger partial charge in [-0.05, 0) is 6.42 Å². The lowest BCUT2D eigenvalue weighted by Crippen LogP contribution is -2.54. The maximum absolute atomic E-state index is 11.4. The highest BCUT2D eigenvalue weighted by Crippen LogP contribution is 2.09. The van der Waals surface area contributed by atoms with Crippen molar-refractivity contribution in [2.45, 2.75) is 25.8 Å². The van der Waals surface area contributed by atoms with E-state index in [1.165, 1.54) is 0 Å². The summed E-state index contributed by atoms with van der Waals surface area (Å²) in [5.41, 5.74) is 0. The van der Waals surface area contributed by atoms with Crippen LogP contribution in [0.4, 0.5) is 4.79 Å². The van der Waals surface area contributed by atoms with E-state index < -0.39 is 0 Å². The topological polar surface area (TPSA) is 58.6 Å². The highest BCUT2D eigenvalue weighted by Gasteiger charge is 2.28. The van der Waals surface area contributed by atoms with Gasteiger partial charge in [0.05, 0.1) is 12.6 Å². The Morgan fingerprint density at radius 3 is 2.79 bits per heavy atom. The van der Waals surface area contributed by atoms with Crippen LogP contribution in [0.1, 0.15) is 19.8 Å². The third-order valence-corrected chi connectivity index (χ3v) is 2.36. The lowest BCUT2D eigenvalue weighted by molar-refractivity contribution is -0.121. The second kappa shape index (κ2) is 4.95. The molecule has 5 nitrogen and oxygen atoms in total. The predicted octanol–water partition coefficient (Wildman–Crippen LogP) is 0.353. The van der Waals surface area contributed by atoms with Gasteiger partial charge < -0.3 is 9.64 Å². The summed E-state index contributed by atoms with van der Waals surface area (Å²) < 4.78 is 5.02. The van der Waals surface area contributed by atoms with Crippen LogP contribution in [0.5, 0.6) is 0 Å². The van der Waals surface area contributed by atoms with Gasteiger partial charge in [-0.3, -0.25) is 10.1 Å². The minimum absolute atomic E-state index is 0.0631. The molecule has 1 rings (SSSR count). The third kappa shape index (κ3) is 2.45. The Hall–Kier alpha value is -1.10. The van der Waals surface area contributed by atoms with Crippen molar-refractivity contribution < 1.29 is 14.3 Å². The molecule has 1 heterocycles. The fourth-order valence-electron chi connectivity index (χ4n) is 1.55. The molecule has 0 bridgehead atoms. The molecule has 0 saturated carbocycles. The zero-order chi connectivity index (χ0) is 10.6. The molecule has 0 aromatic carbocycles. The quantitative estimate of drug-likeness (QED) is 0.712. The summed E-state index contributed by atoms with van der Waals surface area (Å²) >= 11 is 0. The number of ether oxygens (including phenoxy) is 1. The van der Waals surface area contributed by atoms with E-state index in [1.807, 2.05) is 6.92 Å². The molecule has 0 spiro atoms. The fraction of sp³-hybridized carbons (Fsp3) is 0.778. The molecule has 1 fully saturated rings. The first kappa shape index (κ1) is 11.0. The van der Waals surface area contributed by atoms with Crippen LogP contribution in [0, 0.1) is 0 Å². The van der Waals surface area contributed by atoms with Crippen LogP contribution in [0.25, 0.3) is 0 Å². The second-order valence-corrected chi connectivity index (χ2v) is 3.31. The molecule has 1 saturated heterocycles. The summed E-state index contributed by atoms with van der Waals surface area (Å²) in [6.07, 6.45) is 1.21. The van der Waals surface area contributed by atoms with Gasteiger partial charge in [0.15, 0.2) is 0 Å². The maximum atomic E-state index is 11.4. The molecule has 1 atom stereocenters. The van der Waals surface area contributed by atoms with Crippen LogP contribution >= 0.6 is 0 Å². The zero-order valence-electron chi connectivity index (χ0n) is 8.58. The molecule has 0 radical (unpaired) electrons. The molecule has 0 aliphatic carbocycles. The molecular formula is C9H16N2O3. The molecule has 1 aliphatic heterocycles. The summed E-state index contributed by atoms with van der Waals surface area (Å²) in [6, 6.07) is -0.238. The van der Waals surface area contributed by atoms with E-state index in [2.05, 4.69) is 5.32 Å². The molecule has 14 heavy (non-hydrogen) atoms. The van der Waals surface area contributed by atoms with Gasteiger partial charge in [-0.2, -0.15) is 0 Å². The molecule has 1 unspecified atom stereocenters. The van der Waals surface area contributed by atoms with Gasteiger partial charge in [0.1, 0.15) is 0 Å². The first-order valence-electron chi connectivity index (χ1n) is 4.78. The number of hydrogen-bond acceptors (Lipinski definition) is 3. The van der Waals surface area contributed by atoms with E-state index in [-0.39, 0.29) is 18.0 Å². The van der Waals surface area contributed by atoms with Crippen molar-refractivity contribution in [3.05, 3.63) is 0 Å². The maximum Gasteiger partial charge on any atom is 0.324 e. The number of imide groups is 1. The van der Waals surface area contributed by atoms with Crippen molar-refractivity contribution >= 4 is 11.9 Å². The molecule has 0 aromatic rings. The van der Waals surface area contributed by atoms with E-state index >= 15 is 0 Å². The Morgan fingerprint density at radius 1 is 1.57 bits per heavy atom. The number of nitrogens with one attached hydrogen (secondary N) is 1. The third-order valence-electron chi connectivity index (χ3n) is 2.36. The lowest BCUT2D eigenvalue weighted by Gasteiger charge is -2.33. The standard InChI is InChI=1S/C9H16N2O3/c1-3-7(6-14-2)11-5-4-8(12)10-9(11)13/h7H,3-6H2,1-2H3,(H,10,12,13). The van der Waals surface area contributed by atoms with Gasteiger partial charge in [-0.1, -0.05) is 6.92 Å². The van der Waals surface area contributed by atoms with Crippen molar-refractivity contribution in [2.24, 2.45) is 0 Å². The van der Waals surface area contributed by atoms with E-state index in [0.717, 1.165) is 6.42 Å². The van der Waals surface area contributed by atoms with Gasteiger partial charge in [0.25, 0.3) is 0 Å². The average molecular weight is 200 g/mol. The Labute approximate surface area is 83.4 Å². The van der Waals surface area contributed by atoms with Gasteiger partial charge in [-0.25, -0.2) is 4.79 Å². The van der Waals surface area contributed by atoms with E-state index in [4.69, 9.17) is 4.74 Å². The minimum Gasteiger partial charge on any atom is -0.383 e. The molecule has 0 aromatic heterocycles. The number of carbonyl (C=O) groups excluding carboxylic acids is 2. The van der Waals surface area contributed by atoms with Crippen LogP contribution < -0.4 is 5.32 Å². The van der Waals surface area contributed by atoms with Crippen LogP contribution in [-0.4, -0.2) is 43.1 Å².